The van der Waals surface area contributed by atoms with Gasteiger partial charge in [-0.1, -0.05) is 32.0 Å². The van der Waals surface area contributed by atoms with Crippen LogP contribution < -0.4 is 5.46 Å². The van der Waals surface area contributed by atoms with Crippen LogP contribution in [0.15, 0.2) is 18.2 Å². The summed E-state index contributed by atoms with van der Waals surface area (Å²) in [5.74, 6) is 0. The minimum absolute atomic E-state index is 0.0874. The molecule has 21 heavy (non-hydrogen) atoms. The molecule has 0 fully saturated rings. The Kier molecular flexibility index (Phi) is 6.14. The van der Waals surface area contributed by atoms with Gasteiger partial charge >= 0.3 is 7.48 Å². The van der Waals surface area contributed by atoms with Crippen molar-refractivity contribution in [3.63, 3.8) is 0 Å². The maximum absolute atomic E-state index is 11.3. The summed E-state index contributed by atoms with van der Waals surface area (Å²) in [6.45, 7) is 8.27. The molecule has 1 unspecified atom stereocenters. The van der Waals surface area contributed by atoms with E-state index in [1.807, 2.05) is 26.0 Å². The summed E-state index contributed by atoms with van der Waals surface area (Å²) in [6, 6.07) is 7.75. The van der Waals surface area contributed by atoms with Crippen LogP contribution in [0.5, 0.6) is 0 Å². The van der Waals surface area contributed by atoms with Gasteiger partial charge < -0.3 is 4.65 Å². The van der Waals surface area contributed by atoms with E-state index in [0.29, 0.717) is 25.9 Å². The number of nitriles is 1. The number of rotatable bonds is 7. The first-order valence-electron chi connectivity index (χ1n) is 7.08. The second-order valence-corrected chi connectivity index (χ2v) is 7.72. The Morgan fingerprint density at radius 3 is 2.57 bits per heavy atom. The van der Waals surface area contributed by atoms with Gasteiger partial charge in [-0.15, -0.1) is 9.24 Å². The topological polar surface area (TPSA) is 50.1 Å². The first kappa shape index (κ1) is 17.9. The van der Waals surface area contributed by atoms with Gasteiger partial charge in [0.25, 0.3) is 0 Å². The van der Waals surface area contributed by atoms with Gasteiger partial charge in [-0.05, 0) is 31.3 Å². The number of aryl methyl sites for hydroxylation is 1. The highest BCUT2D eigenvalue weighted by molar-refractivity contribution is 7.19. The molecule has 0 aliphatic rings. The molecule has 0 radical (unpaired) electrons. The molecule has 0 saturated heterocycles. The lowest BCUT2D eigenvalue weighted by Crippen LogP contribution is -2.46. The average molecular weight is 303 g/mol. The van der Waals surface area contributed by atoms with Crippen molar-refractivity contribution in [1.29, 1.82) is 5.26 Å². The van der Waals surface area contributed by atoms with Gasteiger partial charge in [0, 0.05) is 17.1 Å². The fourth-order valence-electron chi connectivity index (χ4n) is 1.80. The van der Waals surface area contributed by atoms with Crippen LogP contribution in [0.1, 0.15) is 50.0 Å². The highest BCUT2D eigenvalue weighted by Gasteiger charge is 2.34. The molecule has 5 heteroatoms. The molecule has 0 bridgehead atoms. The number of nitrogens with zero attached hydrogens (tertiary/aromatic N) is 1. The summed E-state index contributed by atoms with van der Waals surface area (Å²) < 4.78 is 6.08. The van der Waals surface area contributed by atoms with Crippen LogP contribution >= 0.6 is 9.24 Å². The molecule has 0 saturated carbocycles. The van der Waals surface area contributed by atoms with Crippen molar-refractivity contribution < 1.29 is 9.45 Å². The molecular weight excluding hydrogens is 280 g/mol. The third kappa shape index (κ3) is 4.66. The normalized spacial score (nSPS) is 11.8. The van der Waals surface area contributed by atoms with E-state index in [0.717, 1.165) is 17.3 Å². The molecule has 0 aliphatic heterocycles. The van der Waals surface area contributed by atoms with Gasteiger partial charge in [0.2, 0.25) is 0 Å². The van der Waals surface area contributed by atoms with E-state index < -0.39 is 0 Å². The average Bonchev–Trinajstić information content (AvgIpc) is 2.41. The van der Waals surface area contributed by atoms with E-state index in [1.54, 1.807) is 6.07 Å². The zero-order chi connectivity index (χ0) is 16.1. The standard InChI is InChI=1S/C16H23BNO2P/c1-15(2,16(3,4)21)20-17-14-12(9-6-10-18)7-5-8-13(14)11-19/h5,7-8,11,17H,6,9,21H2,1-4H3. The molecule has 0 aliphatic carbocycles. The predicted octanol–water partition coefficient (Wildman–Crippen LogP) is 2.38. The van der Waals surface area contributed by atoms with Crippen molar-refractivity contribution in [2.45, 2.75) is 51.3 Å². The smallest absolute Gasteiger partial charge is 0.310 e. The minimum Gasteiger partial charge on any atom is -0.429 e. The third-order valence-electron chi connectivity index (χ3n) is 4.07. The lowest BCUT2D eigenvalue weighted by Gasteiger charge is -2.39. The number of hydrogen-bond donors (Lipinski definition) is 0. The molecule has 1 aromatic carbocycles. The SMILES string of the molecule is CC(C)(P)C(C)(C)OBc1c(C=O)cccc1CCC#N. The summed E-state index contributed by atoms with van der Waals surface area (Å²) >= 11 is 0. The van der Waals surface area contributed by atoms with Crippen LogP contribution in [0.25, 0.3) is 0 Å². The van der Waals surface area contributed by atoms with Gasteiger partial charge in [-0.25, -0.2) is 0 Å². The quantitative estimate of drug-likeness (QED) is 0.441. The Morgan fingerprint density at radius 1 is 1.38 bits per heavy atom. The molecule has 0 spiro atoms. The number of carbonyl (C=O) groups is 1. The largest absolute Gasteiger partial charge is 0.429 e. The van der Waals surface area contributed by atoms with E-state index in [9.17, 15) is 4.79 Å². The van der Waals surface area contributed by atoms with E-state index >= 15 is 0 Å². The molecule has 0 aromatic heterocycles. The van der Waals surface area contributed by atoms with Crippen molar-refractivity contribution >= 4 is 28.5 Å². The minimum atomic E-state index is -0.347. The predicted molar refractivity (Wildman–Crippen MR) is 91.5 cm³/mol. The van der Waals surface area contributed by atoms with Gasteiger partial charge in [0.15, 0.2) is 0 Å². The van der Waals surface area contributed by atoms with E-state index in [1.165, 1.54) is 0 Å². The van der Waals surface area contributed by atoms with Crippen LogP contribution in [0, 0.1) is 11.3 Å². The van der Waals surface area contributed by atoms with E-state index in [-0.39, 0.29) is 10.8 Å². The van der Waals surface area contributed by atoms with Crippen molar-refractivity contribution in [2.75, 3.05) is 0 Å². The number of hydrogen-bond acceptors (Lipinski definition) is 3. The fourth-order valence-corrected chi connectivity index (χ4v) is 1.89. The van der Waals surface area contributed by atoms with Gasteiger partial charge in [-0.3, -0.25) is 4.79 Å². The van der Waals surface area contributed by atoms with Crippen molar-refractivity contribution in [1.82, 2.24) is 0 Å². The second kappa shape index (κ2) is 7.21. The maximum atomic E-state index is 11.3. The lowest BCUT2D eigenvalue weighted by atomic mass is 9.77. The first-order chi connectivity index (χ1) is 9.73. The summed E-state index contributed by atoms with van der Waals surface area (Å²) in [4.78, 5) is 11.3. The first-order valence-corrected chi connectivity index (χ1v) is 7.66. The van der Waals surface area contributed by atoms with Crippen LogP contribution in [0.2, 0.25) is 0 Å². The van der Waals surface area contributed by atoms with Crippen molar-refractivity contribution in [3.8, 4) is 6.07 Å². The molecule has 3 nitrogen and oxygen atoms in total. The number of carbonyl (C=O) groups excluding carboxylic acids is 1. The molecule has 1 aromatic rings. The van der Waals surface area contributed by atoms with Crippen LogP contribution in [-0.2, 0) is 11.1 Å². The van der Waals surface area contributed by atoms with Crippen molar-refractivity contribution in [2.24, 2.45) is 0 Å². The second-order valence-electron chi connectivity index (χ2n) is 6.28. The highest BCUT2D eigenvalue weighted by atomic mass is 31.0. The molecule has 0 amide bonds. The van der Waals surface area contributed by atoms with Gasteiger partial charge in [0.05, 0.1) is 11.7 Å². The maximum Gasteiger partial charge on any atom is 0.310 e. The van der Waals surface area contributed by atoms with Crippen LogP contribution in [0.3, 0.4) is 0 Å². The lowest BCUT2D eigenvalue weighted by molar-refractivity contribution is 0.0839. The third-order valence-corrected chi connectivity index (χ3v) is 4.77. The monoisotopic (exact) mass is 303 g/mol. The van der Waals surface area contributed by atoms with Gasteiger partial charge in [0.1, 0.15) is 6.29 Å². The number of benzene rings is 1. The van der Waals surface area contributed by atoms with Crippen molar-refractivity contribution in [3.05, 3.63) is 29.3 Å². The molecule has 1 atom stereocenters. The summed E-state index contributed by atoms with van der Waals surface area (Å²) in [7, 11) is 3.18. The molecule has 0 heterocycles. The Balaban J connectivity index is 3.01. The zero-order valence-corrected chi connectivity index (χ0v) is 14.4. The number of aldehydes is 1. The summed E-state index contributed by atoms with van der Waals surface area (Å²) in [6.07, 6.45) is 1.93. The Bertz CT molecular complexity index is 544. The Hall–Kier alpha value is -1.17. The van der Waals surface area contributed by atoms with E-state index in [2.05, 4.69) is 29.2 Å². The summed E-state index contributed by atoms with van der Waals surface area (Å²) in [5.41, 5.74) is 2.20. The van der Waals surface area contributed by atoms with Crippen LogP contribution in [-0.4, -0.2) is 24.5 Å². The fraction of sp³-hybridized carbons (Fsp3) is 0.500. The highest BCUT2D eigenvalue weighted by Crippen LogP contribution is 2.33. The van der Waals surface area contributed by atoms with E-state index in [4.69, 9.17) is 9.92 Å². The molecule has 0 N–H and O–H groups in total. The van der Waals surface area contributed by atoms with Crippen LogP contribution in [0.4, 0.5) is 0 Å². The molecule has 1 rings (SSSR count). The summed E-state index contributed by atoms with van der Waals surface area (Å²) in [5, 5.41) is 8.67. The Morgan fingerprint density at radius 2 is 2.05 bits per heavy atom. The zero-order valence-electron chi connectivity index (χ0n) is 13.3. The molecular formula is C16H23BNO2P. The Labute approximate surface area is 130 Å². The van der Waals surface area contributed by atoms with Gasteiger partial charge in [-0.2, -0.15) is 5.26 Å². The molecule has 112 valence electrons.